The number of methoxy groups -OCH3 is 1. The van der Waals surface area contributed by atoms with Crippen LogP contribution in [-0.4, -0.2) is 13.4 Å². The summed E-state index contributed by atoms with van der Waals surface area (Å²) in [6.07, 6.45) is 0.905. The first-order valence-corrected chi connectivity index (χ1v) is 5.87. The molecule has 0 saturated carbocycles. The number of carbonyl (C=O) groups excluding carboxylic acids is 1. The van der Waals surface area contributed by atoms with Crippen molar-refractivity contribution in [1.82, 2.24) is 0 Å². The van der Waals surface area contributed by atoms with Gasteiger partial charge in [-0.15, -0.1) is 0 Å². The predicted molar refractivity (Wildman–Crippen MR) is 73.3 cm³/mol. The van der Waals surface area contributed by atoms with Gasteiger partial charge in [-0.1, -0.05) is 24.3 Å². The van der Waals surface area contributed by atoms with Gasteiger partial charge in [0.25, 0.3) is 0 Å². The van der Waals surface area contributed by atoms with Crippen LogP contribution in [0.25, 0.3) is 11.1 Å². The predicted octanol–water partition coefficient (Wildman–Crippen LogP) is 3.79. The zero-order valence-corrected chi connectivity index (χ0v) is 10.9. The van der Waals surface area contributed by atoms with Crippen molar-refractivity contribution in [1.29, 1.82) is 0 Å². The first-order valence-electron chi connectivity index (χ1n) is 5.87. The van der Waals surface area contributed by atoms with Crippen molar-refractivity contribution in [3.8, 4) is 16.9 Å². The van der Waals surface area contributed by atoms with Gasteiger partial charge in [0, 0.05) is 5.56 Å². The summed E-state index contributed by atoms with van der Waals surface area (Å²) in [6.45, 7) is 4.02. The molecule has 2 aromatic carbocycles. The fourth-order valence-electron chi connectivity index (χ4n) is 2.22. The van der Waals surface area contributed by atoms with Crippen LogP contribution in [0.1, 0.15) is 21.5 Å². The van der Waals surface area contributed by atoms with E-state index in [1.807, 2.05) is 50.2 Å². The maximum Gasteiger partial charge on any atom is 0.150 e. The fourth-order valence-corrected chi connectivity index (χ4v) is 2.22. The topological polar surface area (TPSA) is 26.3 Å². The van der Waals surface area contributed by atoms with Gasteiger partial charge in [-0.05, 0) is 48.2 Å². The SMILES string of the molecule is COc1ccc(-c2c(C)cccc2C=O)cc1C. The molecule has 0 amide bonds. The van der Waals surface area contributed by atoms with Crippen molar-refractivity contribution in [3.63, 3.8) is 0 Å². The zero-order chi connectivity index (χ0) is 13.1. The van der Waals surface area contributed by atoms with Gasteiger partial charge in [0.05, 0.1) is 7.11 Å². The highest BCUT2D eigenvalue weighted by Crippen LogP contribution is 2.30. The third kappa shape index (κ3) is 2.14. The van der Waals surface area contributed by atoms with Crippen molar-refractivity contribution in [2.75, 3.05) is 7.11 Å². The average Bonchev–Trinajstić information content (AvgIpc) is 2.38. The van der Waals surface area contributed by atoms with Gasteiger partial charge in [-0.2, -0.15) is 0 Å². The summed E-state index contributed by atoms with van der Waals surface area (Å²) in [4.78, 5) is 11.1. The van der Waals surface area contributed by atoms with E-state index < -0.39 is 0 Å². The highest BCUT2D eigenvalue weighted by atomic mass is 16.5. The quantitative estimate of drug-likeness (QED) is 0.763. The Labute approximate surface area is 107 Å². The fraction of sp³-hybridized carbons (Fsp3) is 0.188. The molecule has 0 heterocycles. The summed E-state index contributed by atoms with van der Waals surface area (Å²) < 4.78 is 5.25. The second-order valence-corrected chi connectivity index (χ2v) is 4.34. The molecule has 2 rings (SSSR count). The normalized spacial score (nSPS) is 10.2. The molecule has 0 unspecified atom stereocenters. The number of hydrogen-bond acceptors (Lipinski definition) is 2. The number of aryl methyl sites for hydroxylation is 2. The molecule has 0 aliphatic carbocycles. The Bertz CT molecular complexity index is 586. The molecule has 2 nitrogen and oxygen atoms in total. The summed E-state index contributed by atoms with van der Waals surface area (Å²) in [6, 6.07) is 11.7. The Morgan fingerprint density at radius 3 is 2.44 bits per heavy atom. The summed E-state index contributed by atoms with van der Waals surface area (Å²) >= 11 is 0. The number of benzene rings is 2. The monoisotopic (exact) mass is 240 g/mol. The van der Waals surface area contributed by atoms with E-state index in [1.54, 1.807) is 7.11 Å². The standard InChI is InChI=1S/C16H16O2/c1-11-5-4-6-14(10-17)16(11)13-7-8-15(18-3)12(2)9-13/h4-10H,1-3H3. The Morgan fingerprint density at radius 2 is 1.83 bits per heavy atom. The minimum atomic E-state index is 0.722. The molecule has 0 radical (unpaired) electrons. The third-order valence-corrected chi connectivity index (χ3v) is 3.12. The first kappa shape index (κ1) is 12.4. The van der Waals surface area contributed by atoms with E-state index in [1.165, 1.54) is 0 Å². The van der Waals surface area contributed by atoms with Crippen molar-refractivity contribution in [2.24, 2.45) is 0 Å². The lowest BCUT2D eigenvalue weighted by Crippen LogP contribution is -1.93. The molecular formula is C16H16O2. The van der Waals surface area contributed by atoms with Crippen molar-refractivity contribution in [3.05, 3.63) is 53.1 Å². The molecule has 92 valence electrons. The maximum atomic E-state index is 11.1. The number of hydrogen-bond donors (Lipinski definition) is 0. The molecule has 0 aliphatic heterocycles. The van der Waals surface area contributed by atoms with Crippen LogP contribution in [0.15, 0.2) is 36.4 Å². The largest absolute Gasteiger partial charge is 0.496 e. The van der Waals surface area contributed by atoms with Crippen LogP contribution in [0.4, 0.5) is 0 Å². The maximum absolute atomic E-state index is 11.1. The minimum absolute atomic E-state index is 0.722. The summed E-state index contributed by atoms with van der Waals surface area (Å²) in [5.41, 5.74) is 4.94. The van der Waals surface area contributed by atoms with Crippen LogP contribution in [0.5, 0.6) is 5.75 Å². The number of rotatable bonds is 3. The number of ether oxygens (including phenoxy) is 1. The molecule has 0 fully saturated rings. The Morgan fingerprint density at radius 1 is 1.06 bits per heavy atom. The second kappa shape index (κ2) is 5.05. The molecule has 0 N–H and O–H groups in total. The van der Waals surface area contributed by atoms with E-state index >= 15 is 0 Å². The lowest BCUT2D eigenvalue weighted by atomic mass is 9.94. The van der Waals surface area contributed by atoms with Crippen LogP contribution in [0, 0.1) is 13.8 Å². The lowest BCUT2D eigenvalue weighted by Gasteiger charge is -2.11. The minimum Gasteiger partial charge on any atom is -0.496 e. The Hall–Kier alpha value is -2.09. The molecule has 18 heavy (non-hydrogen) atoms. The smallest absolute Gasteiger partial charge is 0.150 e. The van der Waals surface area contributed by atoms with Gasteiger partial charge in [0.2, 0.25) is 0 Å². The third-order valence-electron chi connectivity index (χ3n) is 3.12. The Balaban J connectivity index is 2.62. The van der Waals surface area contributed by atoms with Gasteiger partial charge in [0.15, 0.2) is 6.29 Å². The van der Waals surface area contributed by atoms with E-state index in [0.29, 0.717) is 0 Å². The van der Waals surface area contributed by atoms with Crippen molar-refractivity contribution >= 4 is 6.29 Å². The number of carbonyl (C=O) groups is 1. The Kier molecular flexibility index (Phi) is 3.47. The number of aldehydes is 1. The first-order chi connectivity index (χ1) is 8.67. The molecule has 0 spiro atoms. The van der Waals surface area contributed by atoms with E-state index in [0.717, 1.165) is 39.9 Å². The highest BCUT2D eigenvalue weighted by Gasteiger charge is 2.09. The molecule has 0 aliphatic rings. The summed E-state index contributed by atoms with van der Waals surface area (Å²) in [5.74, 6) is 0.861. The lowest BCUT2D eigenvalue weighted by molar-refractivity contribution is 0.112. The zero-order valence-electron chi connectivity index (χ0n) is 10.9. The molecule has 0 atom stereocenters. The summed E-state index contributed by atoms with van der Waals surface area (Å²) in [7, 11) is 1.66. The van der Waals surface area contributed by atoms with Gasteiger partial charge in [-0.3, -0.25) is 4.79 Å². The van der Waals surface area contributed by atoms with E-state index in [4.69, 9.17) is 4.74 Å². The van der Waals surface area contributed by atoms with Gasteiger partial charge >= 0.3 is 0 Å². The van der Waals surface area contributed by atoms with Crippen LogP contribution in [0.3, 0.4) is 0 Å². The molecule has 0 aromatic heterocycles. The van der Waals surface area contributed by atoms with Crippen LogP contribution < -0.4 is 4.74 Å². The van der Waals surface area contributed by atoms with Crippen LogP contribution >= 0.6 is 0 Å². The highest BCUT2D eigenvalue weighted by molar-refractivity contribution is 5.89. The molecule has 2 aromatic rings. The molecular weight excluding hydrogens is 224 g/mol. The van der Waals surface area contributed by atoms with E-state index in [2.05, 4.69) is 0 Å². The van der Waals surface area contributed by atoms with Crippen molar-refractivity contribution in [2.45, 2.75) is 13.8 Å². The van der Waals surface area contributed by atoms with Crippen molar-refractivity contribution < 1.29 is 9.53 Å². The molecule has 2 heteroatoms. The van der Waals surface area contributed by atoms with Crippen LogP contribution in [0.2, 0.25) is 0 Å². The van der Waals surface area contributed by atoms with Gasteiger partial charge in [-0.25, -0.2) is 0 Å². The van der Waals surface area contributed by atoms with E-state index in [9.17, 15) is 4.79 Å². The summed E-state index contributed by atoms with van der Waals surface area (Å²) in [5, 5.41) is 0. The molecule has 0 saturated heterocycles. The second-order valence-electron chi connectivity index (χ2n) is 4.34. The van der Waals surface area contributed by atoms with Gasteiger partial charge < -0.3 is 4.74 Å². The van der Waals surface area contributed by atoms with Gasteiger partial charge in [0.1, 0.15) is 5.75 Å². The van der Waals surface area contributed by atoms with Crippen LogP contribution in [-0.2, 0) is 0 Å². The molecule has 0 bridgehead atoms. The van der Waals surface area contributed by atoms with E-state index in [-0.39, 0.29) is 0 Å². The average molecular weight is 240 g/mol.